The predicted octanol–water partition coefficient (Wildman–Crippen LogP) is 15.9. The molecule has 1 aromatic rings. The second kappa shape index (κ2) is 32.8. The van der Waals surface area contributed by atoms with Crippen molar-refractivity contribution in [3.8, 4) is 11.5 Å². The molecule has 6 atom stereocenters. The number of esters is 5. The van der Waals surface area contributed by atoms with Crippen molar-refractivity contribution < 1.29 is 68.1 Å². The molecule has 0 aromatic heterocycles. The molecule has 14 nitrogen and oxygen atoms in total. The van der Waals surface area contributed by atoms with Crippen LogP contribution in [0.1, 0.15) is 270 Å². The van der Waals surface area contributed by atoms with Gasteiger partial charge in [-0.05, 0) is 180 Å². The van der Waals surface area contributed by atoms with E-state index in [1.807, 2.05) is 54.5 Å². The number of carbonyl (C=O) groups is 5. The molecule has 0 radical (unpaired) electrons. The van der Waals surface area contributed by atoms with Gasteiger partial charge in [0, 0.05) is 24.2 Å². The summed E-state index contributed by atoms with van der Waals surface area (Å²) < 4.78 is 27.9. The Kier molecular flexibility index (Phi) is 33.9. The number of hydrogen-bond donors (Lipinski definition) is 4. The lowest BCUT2D eigenvalue weighted by atomic mass is 9.51. The van der Waals surface area contributed by atoms with E-state index < -0.39 is 40.1 Å². The summed E-state index contributed by atoms with van der Waals surface area (Å²) in [4.78, 5) is 60.5. The third-order valence-electron chi connectivity index (χ3n) is 18.1. The molecule has 9 aliphatic rings. The largest absolute Gasteiger partial charge is 0.504 e. The molecule has 7 saturated carbocycles. The van der Waals surface area contributed by atoms with Crippen molar-refractivity contribution in [2.75, 3.05) is 6.61 Å². The van der Waals surface area contributed by atoms with Crippen LogP contribution >= 0.6 is 0 Å². The fourth-order valence-electron chi connectivity index (χ4n) is 12.0. The van der Waals surface area contributed by atoms with Crippen LogP contribution in [0, 0.1) is 51.8 Å². The molecule has 0 amide bonds. The Hall–Kier alpha value is -3.91. The van der Waals surface area contributed by atoms with Gasteiger partial charge in [0.1, 0.15) is 23.9 Å². The van der Waals surface area contributed by atoms with E-state index in [0.717, 1.165) is 63.4 Å². The highest BCUT2D eigenvalue weighted by Gasteiger charge is 2.62. The Balaban J connectivity index is -0.000000478. The Morgan fingerprint density at radius 3 is 1.59 bits per heavy atom. The minimum absolute atomic E-state index is 0. The summed E-state index contributed by atoms with van der Waals surface area (Å²) in [6.45, 7) is 25.4. The molecule has 4 N–H and O–H groups in total. The summed E-state index contributed by atoms with van der Waals surface area (Å²) in [5, 5.41) is 39.3. The first-order valence-corrected chi connectivity index (χ1v) is 27.4. The third kappa shape index (κ3) is 19.9. The van der Waals surface area contributed by atoms with Crippen LogP contribution in [0.3, 0.4) is 0 Å². The predicted molar refractivity (Wildman–Crippen MR) is 326 cm³/mol. The number of ether oxygens (including phenoxy) is 5. The summed E-state index contributed by atoms with van der Waals surface area (Å²) in [5.41, 5.74) is -1.99. The fourth-order valence-corrected chi connectivity index (χ4v) is 12.0. The minimum atomic E-state index is -0.732. The molecule has 10 rings (SSSR count). The molecule has 1 aromatic carbocycles. The van der Waals surface area contributed by atoms with Crippen molar-refractivity contribution in [2.24, 2.45) is 51.8 Å². The van der Waals surface area contributed by atoms with Crippen molar-refractivity contribution in [1.29, 1.82) is 0 Å². The van der Waals surface area contributed by atoms with E-state index in [1.54, 1.807) is 19.9 Å². The summed E-state index contributed by atoms with van der Waals surface area (Å²) >= 11 is 0. The van der Waals surface area contributed by atoms with Crippen molar-refractivity contribution >= 4 is 29.8 Å². The molecule has 472 valence electrons. The fraction of sp³-hybridized carbons (Fsp3) is 0.833. The number of benzene rings is 1. The SMILES string of the molecule is C.C.C.C.C.C.C.C.CCC(C)(C)C(=O)OC1(C(C)C)CCCC1.CCC(C)(C)C(=O)OC1C2CC3(O)CC1CC(O)(C2)C3.CCC(C)(C)C(=O)OCC(=O)OC1C2CC3CC(C2)C(=O)OC1C3.CCC(C)c1ccc(O)c(O)c1. The second-order valence-corrected chi connectivity index (χ2v) is 25.2. The zero-order valence-corrected chi connectivity index (χ0v) is 46.1. The van der Waals surface area contributed by atoms with Crippen LogP contribution in [0.4, 0.5) is 0 Å². The maximum atomic E-state index is 12.3. The average molecular weight is 1140 g/mol. The molecule has 80 heavy (non-hydrogen) atoms. The van der Waals surface area contributed by atoms with E-state index in [2.05, 4.69) is 27.7 Å². The minimum Gasteiger partial charge on any atom is -0.504 e. The first-order chi connectivity index (χ1) is 33.4. The number of hydrogen-bond acceptors (Lipinski definition) is 14. The van der Waals surface area contributed by atoms with Crippen molar-refractivity contribution in [3.05, 3.63) is 23.8 Å². The Morgan fingerprint density at radius 1 is 0.637 bits per heavy atom. The molecule has 0 spiro atoms. The third-order valence-corrected chi connectivity index (χ3v) is 18.1. The average Bonchev–Trinajstić information content (AvgIpc) is 3.74. The van der Waals surface area contributed by atoms with Crippen LogP contribution in [0.2, 0.25) is 0 Å². The van der Waals surface area contributed by atoms with Crippen LogP contribution in [-0.4, -0.2) is 92.0 Å². The van der Waals surface area contributed by atoms with Crippen LogP contribution in [0.25, 0.3) is 0 Å². The molecular formula is C66H124O14. The first-order valence-electron chi connectivity index (χ1n) is 27.4. The standard InChI is InChI=1S/C18H26O6.C16H26O4.C14H26O2.C10H14O2.8CH4/c1-4-18(2,3)17(21)22-9-14(19)24-15-11-5-10-6-12(8-11)16(20)23-13(15)7-10;1-4-14(2,3)13(17)20-12-10-5-15(18)7-11(12)8-16(19,6-10)9-15;1-6-13(4,5)12(15)16-14(11(2)3)9-7-8-10-14;1-3-7(2)8-4-5-9(11)10(12)6-8;;;;;;;;/h10-13,15H,4-9H2,1-3H3;10-12,18-19H,4-9H2,1-3H3;11H,6-10H2,1-5H3;4-7,11-12H,3H2,1-2H3;8*1H4. The number of rotatable bonds is 14. The lowest BCUT2D eigenvalue weighted by Crippen LogP contribution is -2.64. The van der Waals surface area contributed by atoms with E-state index in [4.69, 9.17) is 28.8 Å². The quantitative estimate of drug-likeness (QED) is 0.0775. The molecule has 2 aliphatic heterocycles. The monoisotopic (exact) mass is 1140 g/mol. The number of carbonyl (C=O) groups excluding carboxylic acids is 5. The summed E-state index contributed by atoms with van der Waals surface area (Å²) in [6.07, 6.45) is 13.4. The number of phenols is 2. The Morgan fingerprint density at radius 2 is 1.12 bits per heavy atom. The number of fused-ring (bicyclic) bond motifs is 1. The molecule has 2 saturated heterocycles. The van der Waals surface area contributed by atoms with Crippen molar-refractivity contribution in [1.82, 2.24) is 0 Å². The van der Waals surface area contributed by atoms with Gasteiger partial charge in [-0.1, -0.05) is 114 Å². The summed E-state index contributed by atoms with van der Waals surface area (Å²) in [5.74, 6) is 0.312. The number of phenolic OH excluding ortho intramolecular Hbond substituents is 2. The van der Waals surface area contributed by atoms with E-state index in [9.17, 15) is 39.3 Å². The summed E-state index contributed by atoms with van der Waals surface area (Å²) in [7, 11) is 0. The van der Waals surface area contributed by atoms with E-state index in [-0.39, 0.29) is 142 Å². The number of aromatic hydroxyl groups is 2. The first kappa shape index (κ1) is 82.6. The second-order valence-electron chi connectivity index (χ2n) is 25.2. The van der Waals surface area contributed by atoms with E-state index in [0.29, 0.717) is 56.3 Å². The maximum absolute atomic E-state index is 12.3. The van der Waals surface area contributed by atoms with Crippen LogP contribution < -0.4 is 0 Å². The Bertz CT molecular complexity index is 2010. The normalized spacial score (nSPS) is 27.9. The van der Waals surface area contributed by atoms with Crippen LogP contribution in [0.5, 0.6) is 11.5 Å². The zero-order chi connectivity index (χ0) is 53.8. The van der Waals surface area contributed by atoms with Gasteiger partial charge in [-0.15, -0.1) is 0 Å². The molecular weight excluding hydrogens is 1020 g/mol. The molecule has 9 fully saturated rings. The van der Waals surface area contributed by atoms with Gasteiger partial charge in [0.05, 0.1) is 33.4 Å². The van der Waals surface area contributed by atoms with Crippen LogP contribution in [0.15, 0.2) is 18.2 Å². The van der Waals surface area contributed by atoms with Gasteiger partial charge in [0.15, 0.2) is 18.1 Å². The van der Waals surface area contributed by atoms with Gasteiger partial charge in [-0.3, -0.25) is 19.2 Å². The van der Waals surface area contributed by atoms with Gasteiger partial charge in [0.25, 0.3) is 0 Å². The molecule has 6 unspecified atom stereocenters. The van der Waals surface area contributed by atoms with Gasteiger partial charge in [0.2, 0.25) is 0 Å². The molecule has 7 aliphatic carbocycles. The highest BCUT2D eigenvalue weighted by atomic mass is 16.6. The lowest BCUT2D eigenvalue weighted by molar-refractivity contribution is -0.244. The van der Waals surface area contributed by atoms with Gasteiger partial charge < -0.3 is 44.1 Å². The molecule has 14 heteroatoms. The van der Waals surface area contributed by atoms with Gasteiger partial charge in [-0.25, -0.2) is 4.79 Å². The van der Waals surface area contributed by atoms with Crippen LogP contribution in [-0.2, 0) is 47.7 Å². The maximum Gasteiger partial charge on any atom is 0.344 e. The van der Waals surface area contributed by atoms with Gasteiger partial charge in [-0.2, -0.15) is 0 Å². The summed E-state index contributed by atoms with van der Waals surface area (Å²) in [6, 6.07) is 4.98. The zero-order valence-electron chi connectivity index (χ0n) is 46.1. The lowest BCUT2D eigenvalue weighted by Gasteiger charge is -2.60. The highest BCUT2D eigenvalue weighted by molar-refractivity contribution is 5.80. The number of aliphatic hydroxyl groups is 2. The van der Waals surface area contributed by atoms with Gasteiger partial charge >= 0.3 is 29.8 Å². The molecule has 2 heterocycles. The van der Waals surface area contributed by atoms with Crippen molar-refractivity contribution in [3.63, 3.8) is 0 Å². The topological polar surface area (TPSA) is 212 Å². The Labute approximate surface area is 489 Å². The van der Waals surface area contributed by atoms with E-state index >= 15 is 0 Å². The van der Waals surface area contributed by atoms with E-state index in [1.165, 1.54) is 18.9 Å². The smallest absolute Gasteiger partial charge is 0.344 e. The molecule has 8 bridgehead atoms. The van der Waals surface area contributed by atoms with Crippen molar-refractivity contribution in [2.45, 2.75) is 300 Å². The highest BCUT2D eigenvalue weighted by Crippen LogP contribution is 2.58.